The highest BCUT2D eigenvalue weighted by Crippen LogP contribution is 2.34. The lowest BCUT2D eigenvalue weighted by atomic mass is 9.92. The number of ether oxygens (including phenoxy) is 1. The molecule has 0 saturated carbocycles. The number of aliphatic hydroxyl groups excluding tert-OH is 1. The van der Waals surface area contributed by atoms with E-state index in [4.69, 9.17) is 4.74 Å². The molecule has 1 aromatic carbocycles. The van der Waals surface area contributed by atoms with Gasteiger partial charge < -0.3 is 14.7 Å². The van der Waals surface area contributed by atoms with Gasteiger partial charge in [0.05, 0.1) is 16.8 Å². The summed E-state index contributed by atoms with van der Waals surface area (Å²) in [6.07, 6.45) is 0.640. The van der Waals surface area contributed by atoms with E-state index in [2.05, 4.69) is 17.9 Å². The Morgan fingerprint density at radius 3 is 2.52 bits per heavy atom. The van der Waals surface area contributed by atoms with Crippen molar-refractivity contribution in [2.24, 2.45) is 0 Å². The fourth-order valence-corrected chi connectivity index (χ4v) is 3.56. The van der Waals surface area contributed by atoms with Gasteiger partial charge in [0.25, 0.3) is 5.56 Å². The molecule has 1 aliphatic heterocycles. The molecule has 25 heavy (non-hydrogen) atoms. The van der Waals surface area contributed by atoms with Crippen LogP contribution in [0.25, 0.3) is 10.9 Å². The summed E-state index contributed by atoms with van der Waals surface area (Å²) in [5.41, 5.74) is 0.759. The predicted octanol–water partition coefficient (Wildman–Crippen LogP) is 2.39. The topological polar surface area (TPSA) is 78.5 Å². The zero-order chi connectivity index (χ0) is 18.2. The second-order valence-corrected chi connectivity index (χ2v) is 6.80. The largest absolute Gasteiger partial charge is 0.378 e. The van der Waals surface area contributed by atoms with Gasteiger partial charge in [0.15, 0.2) is 0 Å². The van der Waals surface area contributed by atoms with Crippen molar-refractivity contribution in [1.82, 2.24) is 4.57 Å². The number of anilines is 1. The Kier molecular flexibility index (Phi) is 4.55. The quantitative estimate of drug-likeness (QED) is 0.927. The molecule has 6 heteroatoms. The zero-order valence-corrected chi connectivity index (χ0v) is 14.8. The molecule has 0 bridgehead atoms. The molecule has 1 saturated heterocycles. The zero-order valence-electron chi connectivity index (χ0n) is 14.8. The molecule has 0 aliphatic carbocycles. The lowest BCUT2D eigenvalue weighted by Gasteiger charge is -2.40. The van der Waals surface area contributed by atoms with Crippen molar-refractivity contribution < 1.29 is 9.84 Å². The van der Waals surface area contributed by atoms with E-state index in [1.54, 1.807) is 13.2 Å². The number of benzene rings is 1. The van der Waals surface area contributed by atoms with Gasteiger partial charge in [-0.05, 0) is 32.8 Å². The smallest absolute Gasteiger partial charge is 0.273 e. The van der Waals surface area contributed by atoms with Crippen molar-refractivity contribution in [3.63, 3.8) is 0 Å². The summed E-state index contributed by atoms with van der Waals surface area (Å²) in [6.45, 7) is 5.03. The Labute approximate surface area is 146 Å². The van der Waals surface area contributed by atoms with Gasteiger partial charge in [-0.3, -0.25) is 9.36 Å². The normalized spacial score (nSPS) is 18.1. The number of aliphatic hydroxyl groups is 1. The van der Waals surface area contributed by atoms with Crippen LogP contribution in [-0.2, 0) is 4.74 Å². The average molecular weight is 341 g/mol. The lowest BCUT2D eigenvalue weighted by molar-refractivity contribution is -0.0132. The second kappa shape index (κ2) is 6.51. The van der Waals surface area contributed by atoms with Crippen LogP contribution < -0.4 is 10.5 Å². The third kappa shape index (κ3) is 2.90. The van der Waals surface area contributed by atoms with Crippen molar-refractivity contribution in [3.05, 3.63) is 40.2 Å². The first-order valence-corrected chi connectivity index (χ1v) is 8.47. The molecule has 1 aromatic heterocycles. The molecule has 1 N–H and O–H groups in total. The van der Waals surface area contributed by atoms with E-state index in [-0.39, 0.29) is 11.2 Å². The first-order valence-electron chi connectivity index (χ1n) is 8.47. The minimum atomic E-state index is -1.00. The maximum Gasteiger partial charge on any atom is 0.273 e. The molecule has 2 heterocycles. The highest BCUT2D eigenvalue weighted by atomic mass is 16.5. The number of pyridine rings is 1. The minimum Gasteiger partial charge on any atom is -0.378 e. The SMILES string of the molecule is COC1(C)CCN(c2c(C#N)c(=O)n(C(C)O)c3ccccc23)CC1. The Morgan fingerprint density at radius 2 is 1.96 bits per heavy atom. The first-order chi connectivity index (χ1) is 11.9. The van der Waals surface area contributed by atoms with Crippen LogP contribution >= 0.6 is 0 Å². The molecule has 1 aliphatic rings. The molecular weight excluding hydrogens is 318 g/mol. The molecule has 0 radical (unpaired) electrons. The highest BCUT2D eigenvalue weighted by molar-refractivity contribution is 5.95. The molecule has 3 rings (SSSR count). The molecule has 2 aromatic rings. The molecule has 6 nitrogen and oxygen atoms in total. The van der Waals surface area contributed by atoms with Crippen molar-refractivity contribution in [2.45, 2.75) is 38.5 Å². The third-order valence-corrected chi connectivity index (χ3v) is 5.20. The Bertz CT molecular complexity index is 887. The summed E-state index contributed by atoms with van der Waals surface area (Å²) in [5, 5.41) is 20.5. The molecule has 1 atom stereocenters. The van der Waals surface area contributed by atoms with Crippen LogP contribution in [0.4, 0.5) is 5.69 Å². The number of piperidine rings is 1. The van der Waals surface area contributed by atoms with Crippen LogP contribution in [0.2, 0.25) is 0 Å². The van der Waals surface area contributed by atoms with Crippen molar-refractivity contribution in [3.8, 4) is 6.07 Å². The number of fused-ring (bicyclic) bond motifs is 1. The van der Waals surface area contributed by atoms with Crippen molar-refractivity contribution in [2.75, 3.05) is 25.1 Å². The fraction of sp³-hybridized carbons (Fsp3) is 0.474. The molecule has 1 fully saturated rings. The van der Waals surface area contributed by atoms with Gasteiger partial charge in [0.1, 0.15) is 17.9 Å². The molecule has 0 amide bonds. The van der Waals surface area contributed by atoms with E-state index in [1.807, 2.05) is 18.2 Å². The second-order valence-electron chi connectivity index (χ2n) is 6.80. The van der Waals surface area contributed by atoms with E-state index < -0.39 is 11.8 Å². The maximum atomic E-state index is 12.8. The van der Waals surface area contributed by atoms with Crippen LogP contribution in [0.15, 0.2) is 29.1 Å². The Balaban J connectivity index is 2.21. The van der Waals surface area contributed by atoms with Gasteiger partial charge in [0.2, 0.25) is 0 Å². The number of nitriles is 1. The molecular formula is C19H23N3O3. The van der Waals surface area contributed by atoms with Crippen molar-refractivity contribution >= 4 is 16.6 Å². The van der Waals surface area contributed by atoms with Gasteiger partial charge in [-0.2, -0.15) is 5.26 Å². The van der Waals surface area contributed by atoms with Crippen LogP contribution in [0, 0.1) is 11.3 Å². The molecule has 132 valence electrons. The summed E-state index contributed by atoms with van der Waals surface area (Å²) in [6, 6.07) is 9.48. The van der Waals surface area contributed by atoms with E-state index >= 15 is 0 Å². The van der Waals surface area contributed by atoms with Crippen molar-refractivity contribution in [1.29, 1.82) is 5.26 Å². The summed E-state index contributed by atoms with van der Waals surface area (Å²) < 4.78 is 6.87. The van der Waals surface area contributed by atoms with Gasteiger partial charge in [-0.25, -0.2) is 0 Å². The molecule has 1 unspecified atom stereocenters. The van der Waals surface area contributed by atoms with Crippen LogP contribution in [0.1, 0.15) is 38.5 Å². The summed E-state index contributed by atoms with van der Waals surface area (Å²) >= 11 is 0. The van der Waals surface area contributed by atoms with E-state index in [0.29, 0.717) is 24.3 Å². The summed E-state index contributed by atoms with van der Waals surface area (Å²) in [7, 11) is 1.72. The number of methoxy groups -OCH3 is 1. The van der Waals surface area contributed by atoms with Gasteiger partial charge >= 0.3 is 0 Å². The molecule has 0 spiro atoms. The maximum absolute atomic E-state index is 12.8. The van der Waals surface area contributed by atoms with Crippen LogP contribution in [0.5, 0.6) is 0 Å². The Hall–Kier alpha value is -2.36. The van der Waals surface area contributed by atoms with Crippen LogP contribution in [-0.4, -0.2) is 35.5 Å². The van der Waals surface area contributed by atoms with Gasteiger partial charge in [-0.1, -0.05) is 18.2 Å². The fourth-order valence-electron chi connectivity index (χ4n) is 3.56. The van der Waals surface area contributed by atoms with Gasteiger partial charge in [0, 0.05) is 25.6 Å². The van der Waals surface area contributed by atoms with E-state index in [1.165, 1.54) is 11.5 Å². The Morgan fingerprint density at radius 1 is 1.32 bits per heavy atom. The third-order valence-electron chi connectivity index (χ3n) is 5.20. The standard InChI is InChI=1S/C19H23N3O3/c1-13(23)22-16-7-5-4-6-14(16)17(15(12-20)18(22)24)21-10-8-19(2,25-3)9-11-21/h4-7,13,23H,8-11H2,1-3H3. The highest BCUT2D eigenvalue weighted by Gasteiger charge is 2.32. The number of hydrogen-bond donors (Lipinski definition) is 1. The summed E-state index contributed by atoms with van der Waals surface area (Å²) in [5.74, 6) is 0. The van der Waals surface area contributed by atoms with Gasteiger partial charge in [-0.15, -0.1) is 0 Å². The van der Waals surface area contributed by atoms with E-state index in [9.17, 15) is 15.2 Å². The summed E-state index contributed by atoms with van der Waals surface area (Å²) in [4.78, 5) is 14.9. The van der Waals surface area contributed by atoms with Crippen LogP contribution in [0.3, 0.4) is 0 Å². The monoisotopic (exact) mass is 341 g/mol. The van der Waals surface area contributed by atoms with E-state index in [0.717, 1.165) is 18.2 Å². The number of nitrogens with zero attached hydrogens (tertiary/aromatic N) is 3. The number of hydrogen-bond acceptors (Lipinski definition) is 5. The number of aromatic nitrogens is 1. The number of para-hydroxylation sites is 1. The average Bonchev–Trinajstić information content (AvgIpc) is 2.61. The lowest BCUT2D eigenvalue weighted by Crippen LogP contribution is -2.44. The number of rotatable bonds is 3. The first kappa shape index (κ1) is 17.5. The predicted molar refractivity (Wildman–Crippen MR) is 96.7 cm³/mol. The minimum absolute atomic E-state index is 0.0839.